The smallest absolute Gasteiger partial charge is 0.306 e. The van der Waals surface area contributed by atoms with Gasteiger partial charge in [-0.2, -0.15) is 0 Å². The van der Waals surface area contributed by atoms with E-state index in [1.807, 2.05) is 19.1 Å². The number of alkyl halides is 1. The molecule has 1 aromatic carbocycles. The average molecular weight is 337 g/mol. The van der Waals surface area contributed by atoms with E-state index in [0.717, 1.165) is 42.0 Å². The third kappa shape index (κ3) is 3.67. The maximum Gasteiger partial charge on any atom is 0.306 e. The van der Waals surface area contributed by atoms with Gasteiger partial charge >= 0.3 is 5.97 Å². The van der Waals surface area contributed by atoms with Gasteiger partial charge < -0.3 is 14.0 Å². The number of ether oxygens (including phenoxy) is 2. The summed E-state index contributed by atoms with van der Waals surface area (Å²) in [6.07, 6.45) is 2.39. The summed E-state index contributed by atoms with van der Waals surface area (Å²) in [7, 11) is 0. The summed E-state index contributed by atoms with van der Waals surface area (Å²) in [4.78, 5) is 16.1. The number of aryl methyl sites for hydroxylation is 1. The molecule has 0 unspecified atom stereocenters. The first-order chi connectivity index (χ1) is 11.2. The molecule has 0 bridgehead atoms. The Bertz CT molecular complexity index is 694. The van der Waals surface area contributed by atoms with Gasteiger partial charge in [0.05, 0.1) is 36.2 Å². The van der Waals surface area contributed by atoms with Gasteiger partial charge in [0.15, 0.2) is 0 Å². The number of nitrogens with zero attached hydrogens (tertiary/aromatic N) is 2. The lowest BCUT2D eigenvalue weighted by Crippen LogP contribution is -2.31. The van der Waals surface area contributed by atoms with Crippen LogP contribution in [0.1, 0.15) is 31.2 Å². The number of imidazole rings is 1. The number of carbonyl (C=O) groups excluding carboxylic acids is 1. The molecule has 2 aromatic rings. The van der Waals surface area contributed by atoms with Gasteiger partial charge in [-0.3, -0.25) is 4.79 Å². The van der Waals surface area contributed by atoms with Crippen molar-refractivity contribution >= 4 is 28.6 Å². The number of esters is 1. The first-order valence-electron chi connectivity index (χ1n) is 8.02. The Hall–Kier alpha value is -1.59. The number of aromatic nitrogens is 2. The molecule has 0 spiro atoms. The summed E-state index contributed by atoms with van der Waals surface area (Å²) in [6, 6.07) is 6.12. The molecule has 0 N–H and O–H groups in total. The molecule has 1 atom stereocenters. The highest BCUT2D eigenvalue weighted by Gasteiger charge is 2.21. The van der Waals surface area contributed by atoms with Crippen LogP contribution < -0.4 is 0 Å². The Morgan fingerprint density at radius 2 is 2.35 bits per heavy atom. The zero-order chi connectivity index (χ0) is 16.2. The highest BCUT2D eigenvalue weighted by molar-refractivity contribution is 6.16. The van der Waals surface area contributed by atoms with E-state index in [1.54, 1.807) is 0 Å². The molecule has 0 aliphatic carbocycles. The Balaban J connectivity index is 1.78. The van der Waals surface area contributed by atoms with Gasteiger partial charge in [-0.1, -0.05) is 6.07 Å². The quantitative estimate of drug-likeness (QED) is 0.576. The molecule has 3 rings (SSSR count). The van der Waals surface area contributed by atoms with Crippen LogP contribution in [0.3, 0.4) is 0 Å². The minimum atomic E-state index is -0.165. The van der Waals surface area contributed by atoms with Crippen LogP contribution in [0.4, 0.5) is 0 Å². The molecule has 1 fully saturated rings. The van der Waals surface area contributed by atoms with Crippen molar-refractivity contribution in [2.45, 2.75) is 44.7 Å². The van der Waals surface area contributed by atoms with Crippen molar-refractivity contribution in [3.8, 4) is 0 Å². The van der Waals surface area contributed by atoms with Crippen molar-refractivity contribution in [2.24, 2.45) is 0 Å². The van der Waals surface area contributed by atoms with Gasteiger partial charge in [-0.05, 0) is 37.5 Å². The van der Waals surface area contributed by atoms with E-state index in [1.165, 1.54) is 0 Å². The molecule has 6 heteroatoms. The van der Waals surface area contributed by atoms with E-state index in [2.05, 4.69) is 15.6 Å². The van der Waals surface area contributed by atoms with E-state index >= 15 is 0 Å². The number of carbonyl (C=O) groups is 1. The molecule has 0 amide bonds. The highest BCUT2D eigenvalue weighted by atomic mass is 35.5. The second-order valence-corrected chi connectivity index (χ2v) is 5.95. The topological polar surface area (TPSA) is 53.3 Å². The van der Waals surface area contributed by atoms with Crippen LogP contribution >= 0.6 is 11.6 Å². The number of benzene rings is 1. The summed E-state index contributed by atoms with van der Waals surface area (Å²) < 4.78 is 12.6. The fourth-order valence-electron chi connectivity index (χ4n) is 2.80. The SMILES string of the molecule is CCOC(=O)CCc1ccc2c(c1)nc(CCl)n2C[C@@H]1CCO1. The lowest BCUT2D eigenvalue weighted by atomic mass is 10.1. The molecule has 0 saturated carbocycles. The van der Waals surface area contributed by atoms with Crippen LogP contribution in [0.5, 0.6) is 0 Å². The van der Waals surface area contributed by atoms with E-state index < -0.39 is 0 Å². The molecule has 1 aliphatic heterocycles. The maximum absolute atomic E-state index is 11.5. The second kappa shape index (κ2) is 7.32. The molecule has 5 nitrogen and oxygen atoms in total. The largest absolute Gasteiger partial charge is 0.466 e. The molecule has 1 aromatic heterocycles. The Kier molecular flexibility index (Phi) is 5.18. The minimum absolute atomic E-state index is 0.165. The Morgan fingerprint density at radius 3 is 3.00 bits per heavy atom. The predicted molar refractivity (Wildman–Crippen MR) is 88.6 cm³/mol. The summed E-state index contributed by atoms with van der Waals surface area (Å²) in [5.41, 5.74) is 3.06. The molecule has 0 radical (unpaired) electrons. The summed E-state index contributed by atoms with van der Waals surface area (Å²) >= 11 is 6.04. The number of fused-ring (bicyclic) bond motifs is 1. The summed E-state index contributed by atoms with van der Waals surface area (Å²) in [5, 5.41) is 0. The number of hydrogen-bond acceptors (Lipinski definition) is 4. The highest BCUT2D eigenvalue weighted by Crippen LogP contribution is 2.23. The van der Waals surface area contributed by atoms with Crippen molar-refractivity contribution in [3.05, 3.63) is 29.6 Å². The van der Waals surface area contributed by atoms with E-state index in [0.29, 0.717) is 25.3 Å². The van der Waals surface area contributed by atoms with Crippen LogP contribution in [0.15, 0.2) is 18.2 Å². The van der Waals surface area contributed by atoms with Crippen LogP contribution in [-0.2, 0) is 33.1 Å². The van der Waals surface area contributed by atoms with Gasteiger partial charge in [0.1, 0.15) is 5.82 Å². The van der Waals surface area contributed by atoms with Crippen LogP contribution in [0.2, 0.25) is 0 Å². The first kappa shape index (κ1) is 16.3. The Labute approximate surface area is 140 Å². The molecule has 23 heavy (non-hydrogen) atoms. The van der Waals surface area contributed by atoms with E-state index in [9.17, 15) is 4.79 Å². The van der Waals surface area contributed by atoms with Crippen molar-refractivity contribution in [2.75, 3.05) is 13.2 Å². The summed E-state index contributed by atoms with van der Waals surface area (Å²) in [5.74, 6) is 1.07. The summed E-state index contributed by atoms with van der Waals surface area (Å²) in [6.45, 7) is 3.87. The minimum Gasteiger partial charge on any atom is -0.466 e. The maximum atomic E-state index is 11.5. The van der Waals surface area contributed by atoms with Gasteiger partial charge in [0, 0.05) is 13.0 Å². The van der Waals surface area contributed by atoms with E-state index in [4.69, 9.17) is 21.1 Å². The third-order valence-corrected chi connectivity index (χ3v) is 4.35. The lowest BCUT2D eigenvalue weighted by Gasteiger charge is -2.27. The zero-order valence-electron chi connectivity index (χ0n) is 13.3. The van der Waals surface area contributed by atoms with Gasteiger partial charge in [-0.25, -0.2) is 4.98 Å². The standard InChI is InChI=1S/C17H21ClN2O3/c1-2-22-17(21)6-4-12-3-5-15-14(9-12)19-16(10-18)20(15)11-13-7-8-23-13/h3,5,9,13H,2,4,6-8,10-11H2,1H3/t13-/m0/s1. The van der Waals surface area contributed by atoms with Gasteiger partial charge in [-0.15, -0.1) is 11.6 Å². The van der Waals surface area contributed by atoms with Crippen molar-refractivity contribution in [3.63, 3.8) is 0 Å². The predicted octanol–water partition coefficient (Wildman–Crippen LogP) is 3.06. The lowest BCUT2D eigenvalue weighted by molar-refractivity contribution is -0.143. The van der Waals surface area contributed by atoms with Crippen molar-refractivity contribution in [1.82, 2.24) is 9.55 Å². The molecule has 1 saturated heterocycles. The monoisotopic (exact) mass is 336 g/mol. The van der Waals surface area contributed by atoms with Crippen LogP contribution in [-0.4, -0.2) is 34.8 Å². The molecular formula is C17H21ClN2O3. The zero-order valence-corrected chi connectivity index (χ0v) is 14.0. The van der Waals surface area contributed by atoms with Crippen LogP contribution in [0.25, 0.3) is 11.0 Å². The third-order valence-electron chi connectivity index (χ3n) is 4.11. The molecular weight excluding hydrogens is 316 g/mol. The molecule has 2 heterocycles. The number of hydrogen-bond donors (Lipinski definition) is 0. The number of rotatable bonds is 7. The van der Waals surface area contributed by atoms with Gasteiger partial charge in [0.25, 0.3) is 0 Å². The molecule has 1 aliphatic rings. The Morgan fingerprint density at radius 1 is 1.52 bits per heavy atom. The first-order valence-corrected chi connectivity index (χ1v) is 8.56. The fourth-order valence-corrected chi connectivity index (χ4v) is 3.00. The second-order valence-electron chi connectivity index (χ2n) is 5.68. The number of halogens is 1. The normalized spacial score (nSPS) is 17.2. The van der Waals surface area contributed by atoms with Crippen molar-refractivity contribution < 1.29 is 14.3 Å². The van der Waals surface area contributed by atoms with Gasteiger partial charge in [0.2, 0.25) is 0 Å². The van der Waals surface area contributed by atoms with E-state index in [-0.39, 0.29) is 12.1 Å². The van der Waals surface area contributed by atoms with Crippen molar-refractivity contribution in [1.29, 1.82) is 0 Å². The average Bonchev–Trinajstić information content (AvgIpc) is 2.86. The van der Waals surface area contributed by atoms with Crippen LogP contribution in [0, 0.1) is 0 Å². The molecule has 124 valence electrons. The fraction of sp³-hybridized carbons (Fsp3) is 0.529.